The first-order chi connectivity index (χ1) is 12.6. The van der Waals surface area contributed by atoms with E-state index in [1.165, 1.54) is 23.7 Å². The molecule has 134 valence electrons. The third-order valence-corrected chi connectivity index (χ3v) is 4.87. The molecule has 0 N–H and O–H groups in total. The van der Waals surface area contributed by atoms with Gasteiger partial charge in [-0.25, -0.2) is 19.7 Å². The van der Waals surface area contributed by atoms with Crippen LogP contribution in [0, 0.1) is 0 Å². The standard InChI is InChI=1S/C18H18N4O3S/c1-3-22(4-2)14(23)11-25-18(24)16-15(19-9-10-20-16)17-21-12-7-5-6-8-13(12)26-17/h5-10H,3-4,11H2,1-2H3. The summed E-state index contributed by atoms with van der Waals surface area (Å²) in [6, 6.07) is 7.67. The van der Waals surface area contributed by atoms with Crippen molar-refractivity contribution >= 4 is 33.4 Å². The van der Waals surface area contributed by atoms with Crippen LogP contribution in [0.4, 0.5) is 0 Å². The summed E-state index contributed by atoms with van der Waals surface area (Å²) < 4.78 is 6.14. The lowest BCUT2D eigenvalue weighted by molar-refractivity contribution is -0.134. The molecule has 0 spiro atoms. The first kappa shape index (κ1) is 17.9. The van der Waals surface area contributed by atoms with Crippen LogP contribution in [0.5, 0.6) is 0 Å². The van der Waals surface area contributed by atoms with Gasteiger partial charge in [-0.2, -0.15) is 0 Å². The topological polar surface area (TPSA) is 85.3 Å². The summed E-state index contributed by atoms with van der Waals surface area (Å²) in [4.78, 5) is 38.9. The summed E-state index contributed by atoms with van der Waals surface area (Å²) in [7, 11) is 0. The Morgan fingerprint density at radius 1 is 1.12 bits per heavy atom. The molecule has 3 rings (SSSR count). The van der Waals surface area contributed by atoms with Crippen molar-refractivity contribution in [2.75, 3.05) is 19.7 Å². The molecular weight excluding hydrogens is 352 g/mol. The average molecular weight is 370 g/mol. The lowest BCUT2D eigenvalue weighted by Crippen LogP contribution is -2.34. The van der Waals surface area contributed by atoms with Crippen molar-refractivity contribution in [2.24, 2.45) is 0 Å². The summed E-state index contributed by atoms with van der Waals surface area (Å²) in [5, 5.41) is 0.585. The highest BCUT2D eigenvalue weighted by Gasteiger charge is 2.21. The van der Waals surface area contributed by atoms with Crippen LogP contribution in [0.1, 0.15) is 24.3 Å². The number of benzene rings is 1. The minimum atomic E-state index is -0.687. The van der Waals surface area contributed by atoms with Crippen LogP contribution in [-0.4, -0.2) is 51.4 Å². The van der Waals surface area contributed by atoms with Crippen molar-refractivity contribution in [3.8, 4) is 10.7 Å². The average Bonchev–Trinajstić information content (AvgIpc) is 3.11. The number of hydrogen-bond donors (Lipinski definition) is 0. The number of fused-ring (bicyclic) bond motifs is 1. The molecule has 1 amide bonds. The molecule has 0 radical (unpaired) electrons. The van der Waals surface area contributed by atoms with Crippen molar-refractivity contribution < 1.29 is 14.3 Å². The van der Waals surface area contributed by atoms with Crippen LogP contribution in [0.25, 0.3) is 20.9 Å². The van der Waals surface area contributed by atoms with E-state index in [0.29, 0.717) is 23.8 Å². The Morgan fingerprint density at radius 3 is 2.58 bits per heavy atom. The zero-order chi connectivity index (χ0) is 18.5. The summed E-state index contributed by atoms with van der Waals surface area (Å²) >= 11 is 1.42. The van der Waals surface area contributed by atoms with Crippen LogP contribution in [-0.2, 0) is 9.53 Å². The predicted molar refractivity (Wildman–Crippen MR) is 98.9 cm³/mol. The second kappa shape index (κ2) is 8.01. The quantitative estimate of drug-likeness (QED) is 0.620. The van der Waals surface area contributed by atoms with Crippen LogP contribution in [0.15, 0.2) is 36.7 Å². The van der Waals surface area contributed by atoms with E-state index in [1.807, 2.05) is 38.1 Å². The van der Waals surface area contributed by atoms with Crippen molar-refractivity contribution in [3.05, 3.63) is 42.4 Å². The molecule has 0 unspecified atom stereocenters. The Bertz CT molecular complexity index is 904. The van der Waals surface area contributed by atoms with Gasteiger partial charge in [0.15, 0.2) is 12.3 Å². The van der Waals surface area contributed by atoms with E-state index in [2.05, 4.69) is 15.0 Å². The number of carbonyl (C=O) groups is 2. The molecule has 0 aliphatic rings. The Labute approximate surface area is 154 Å². The molecule has 0 aliphatic heterocycles. The van der Waals surface area contributed by atoms with Gasteiger partial charge in [0.05, 0.1) is 10.2 Å². The minimum Gasteiger partial charge on any atom is -0.451 e. The number of amides is 1. The number of ether oxygens (including phenoxy) is 1. The maximum absolute atomic E-state index is 12.4. The van der Waals surface area contributed by atoms with Gasteiger partial charge in [0.1, 0.15) is 10.7 Å². The van der Waals surface area contributed by atoms with Crippen LogP contribution >= 0.6 is 11.3 Å². The number of carbonyl (C=O) groups excluding carboxylic acids is 2. The Morgan fingerprint density at radius 2 is 1.85 bits per heavy atom. The van der Waals surface area contributed by atoms with E-state index in [-0.39, 0.29) is 18.2 Å². The highest BCUT2D eigenvalue weighted by atomic mass is 32.1. The molecule has 7 nitrogen and oxygen atoms in total. The van der Waals surface area contributed by atoms with E-state index in [4.69, 9.17) is 4.74 Å². The SMILES string of the molecule is CCN(CC)C(=O)COC(=O)c1nccnc1-c1nc2ccccc2s1. The fourth-order valence-electron chi connectivity index (χ4n) is 2.48. The number of esters is 1. The number of nitrogens with zero attached hydrogens (tertiary/aromatic N) is 4. The predicted octanol–water partition coefficient (Wildman–Crippen LogP) is 2.78. The first-order valence-corrected chi connectivity index (χ1v) is 9.07. The van der Waals surface area contributed by atoms with E-state index in [1.54, 1.807) is 4.90 Å². The van der Waals surface area contributed by atoms with Crippen molar-refractivity contribution in [3.63, 3.8) is 0 Å². The molecule has 2 heterocycles. The van der Waals surface area contributed by atoms with Gasteiger partial charge in [0.25, 0.3) is 5.91 Å². The second-order valence-electron chi connectivity index (χ2n) is 5.38. The maximum Gasteiger partial charge on any atom is 0.359 e. The number of rotatable bonds is 6. The molecule has 26 heavy (non-hydrogen) atoms. The van der Waals surface area contributed by atoms with Gasteiger partial charge in [-0.1, -0.05) is 12.1 Å². The van der Waals surface area contributed by atoms with Gasteiger partial charge in [-0.3, -0.25) is 4.79 Å². The number of para-hydroxylation sites is 1. The molecule has 1 aromatic carbocycles. The number of aromatic nitrogens is 3. The third-order valence-electron chi connectivity index (χ3n) is 3.83. The molecule has 0 bridgehead atoms. The van der Waals surface area contributed by atoms with Gasteiger partial charge < -0.3 is 9.64 Å². The molecule has 0 aliphatic carbocycles. The Balaban J connectivity index is 1.82. The van der Waals surface area contributed by atoms with E-state index < -0.39 is 5.97 Å². The monoisotopic (exact) mass is 370 g/mol. The Hall–Kier alpha value is -2.87. The zero-order valence-corrected chi connectivity index (χ0v) is 15.3. The van der Waals surface area contributed by atoms with Crippen molar-refractivity contribution in [2.45, 2.75) is 13.8 Å². The van der Waals surface area contributed by atoms with Gasteiger partial charge in [0.2, 0.25) is 0 Å². The molecule has 3 aromatic rings. The fourth-order valence-corrected chi connectivity index (χ4v) is 3.44. The Kier molecular flexibility index (Phi) is 5.52. The lowest BCUT2D eigenvalue weighted by atomic mass is 10.3. The highest BCUT2D eigenvalue weighted by Crippen LogP contribution is 2.30. The molecule has 0 fully saturated rings. The fraction of sp³-hybridized carbons (Fsp3) is 0.278. The van der Waals surface area contributed by atoms with E-state index >= 15 is 0 Å². The number of thiazole rings is 1. The highest BCUT2D eigenvalue weighted by molar-refractivity contribution is 7.21. The molecular formula is C18H18N4O3S. The van der Waals surface area contributed by atoms with Crippen molar-refractivity contribution in [1.29, 1.82) is 0 Å². The summed E-state index contributed by atoms with van der Waals surface area (Å²) in [5.41, 5.74) is 1.24. The van der Waals surface area contributed by atoms with Crippen LogP contribution in [0.3, 0.4) is 0 Å². The molecule has 0 atom stereocenters. The molecule has 8 heteroatoms. The summed E-state index contributed by atoms with van der Waals surface area (Å²) in [6.45, 7) is 4.55. The van der Waals surface area contributed by atoms with E-state index in [0.717, 1.165) is 10.2 Å². The maximum atomic E-state index is 12.4. The van der Waals surface area contributed by atoms with E-state index in [9.17, 15) is 9.59 Å². The van der Waals surface area contributed by atoms with Gasteiger partial charge in [-0.05, 0) is 26.0 Å². The first-order valence-electron chi connectivity index (χ1n) is 8.25. The summed E-state index contributed by atoms with van der Waals surface area (Å²) in [6.07, 6.45) is 2.92. The van der Waals surface area contributed by atoms with Gasteiger partial charge in [0, 0.05) is 25.5 Å². The summed E-state index contributed by atoms with van der Waals surface area (Å²) in [5.74, 6) is -0.929. The zero-order valence-electron chi connectivity index (χ0n) is 14.5. The third kappa shape index (κ3) is 3.70. The van der Waals surface area contributed by atoms with Crippen molar-refractivity contribution in [1.82, 2.24) is 19.9 Å². The minimum absolute atomic E-state index is 0.0545. The number of likely N-dealkylation sites (N-methyl/N-ethyl adjacent to an activating group) is 1. The normalized spacial score (nSPS) is 10.7. The lowest BCUT2D eigenvalue weighted by Gasteiger charge is -2.18. The van der Waals surface area contributed by atoms with Crippen LogP contribution in [0.2, 0.25) is 0 Å². The number of hydrogen-bond acceptors (Lipinski definition) is 7. The molecule has 0 saturated carbocycles. The second-order valence-corrected chi connectivity index (χ2v) is 6.41. The molecule has 0 saturated heterocycles. The molecule has 2 aromatic heterocycles. The van der Waals surface area contributed by atoms with Gasteiger partial charge in [-0.15, -0.1) is 11.3 Å². The largest absolute Gasteiger partial charge is 0.451 e. The van der Waals surface area contributed by atoms with Gasteiger partial charge >= 0.3 is 5.97 Å². The smallest absolute Gasteiger partial charge is 0.359 e. The van der Waals surface area contributed by atoms with Crippen LogP contribution < -0.4 is 0 Å².